The molecule has 0 aliphatic carbocycles. The summed E-state index contributed by atoms with van der Waals surface area (Å²) in [5.74, 6) is -2.29. The van der Waals surface area contributed by atoms with E-state index in [9.17, 15) is 13.2 Å². The minimum Gasteiger partial charge on any atom is -0.480 e. The summed E-state index contributed by atoms with van der Waals surface area (Å²) in [6.45, 7) is 2.69. The number of nitrogens with one attached hydrogen (secondary N) is 1. The number of hydrogen-bond acceptors (Lipinski definition) is 4. The second-order valence-corrected chi connectivity index (χ2v) is 6.62. The molecule has 20 heavy (non-hydrogen) atoms. The van der Waals surface area contributed by atoms with Crippen molar-refractivity contribution < 1.29 is 18.3 Å². The Morgan fingerprint density at radius 3 is 2.55 bits per heavy atom. The molecule has 0 unspecified atom stereocenters. The van der Waals surface area contributed by atoms with E-state index >= 15 is 0 Å². The maximum absolute atomic E-state index is 11.7. The third-order valence-electron chi connectivity index (χ3n) is 3.19. The second kappa shape index (κ2) is 6.23. The maximum Gasteiger partial charge on any atom is 0.320 e. The average Bonchev–Trinajstić information content (AvgIpc) is 2.82. The van der Waals surface area contributed by atoms with Crippen LogP contribution < -0.4 is 4.72 Å². The molecule has 1 heterocycles. The van der Waals surface area contributed by atoms with Gasteiger partial charge in [-0.3, -0.25) is 14.4 Å². The minimum absolute atomic E-state index is 0.459. The number of para-hydroxylation sites is 1. The smallest absolute Gasteiger partial charge is 0.320 e. The fourth-order valence-electron chi connectivity index (χ4n) is 2.31. The molecule has 0 saturated carbocycles. The van der Waals surface area contributed by atoms with Gasteiger partial charge in [0.15, 0.2) is 5.75 Å². The monoisotopic (exact) mass is 298 g/mol. The molecule has 0 atom stereocenters. The van der Waals surface area contributed by atoms with E-state index in [-0.39, 0.29) is 0 Å². The predicted molar refractivity (Wildman–Crippen MR) is 76.0 cm³/mol. The van der Waals surface area contributed by atoms with Crippen LogP contribution in [-0.2, 0) is 21.4 Å². The van der Waals surface area contributed by atoms with Gasteiger partial charge in [-0.1, -0.05) is 18.2 Å². The zero-order valence-corrected chi connectivity index (χ0v) is 11.9. The van der Waals surface area contributed by atoms with E-state index in [2.05, 4.69) is 9.62 Å². The normalized spacial score (nSPS) is 16.2. The molecule has 1 aliphatic heterocycles. The van der Waals surface area contributed by atoms with Gasteiger partial charge < -0.3 is 5.11 Å². The Labute approximate surface area is 118 Å². The van der Waals surface area contributed by atoms with Crippen molar-refractivity contribution >= 4 is 21.7 Å². The first-order valence-electron chi connectivity index (χ1n) is 6.49. The number of nitrogens with zero attached hydrogens (tertiary/aromatic N) is 1. The lowest BCUT2D eigenvalue weighted by Crippen LogP contribution is -2.24. The Morgan fingerprint density at radius 2 is 1.90 bits per heavy atom. The summed E-state index contributed by atoms with van der Waals surface area (Å²) in [7, 11) is -3.86. The summed E-state index contributed by atoms with van der Waals surface area (Å²) in [5, 5.41) is 8.60. The molecule has 1 fully saturated rings. The standard InChI is InChI=1S/C13H18N2O4S/c16-13(17)10-20(18,19)14-12-6-2-1-5-11(12)9-15-7-3-4-8-15/h1-2,5-6,14H,3-4,7-10H2,(H,16,17). The van der Waals surface area contributed by atoms with Gasteiger partial charge in [0.1, 0.15) is 0 Å². The van der Waals surface area contributed by atoms with Crippen LogP contribution in [0.5, 0.6) is 0 Å². The van der Waals surface area contributed by atoms with Gasteiger partial charge in [0.2, 0.25) is 10.0 Å². The largest absolute Gasteiger partial charge is 0.480 e. The molecule has 1 aromatic rings. The van der Waals surface area contributed by atoms with Crippen molar-refractivity contribution in [2.24, 2.45) is 0 Å². The molecule has 0 radical (unpaired) electrons. The highest BCUT2D eigenvalue weighted by atomic mass is 32.2. The summed E-state index contributed by atoms with van der Waals surface area (Å²) in [6, 6.07) is 7.09. The number of carboxylic acid groups (broad SMARTS) is 1. The van der Waals surface area contributed by atoms with Crippen LogP contribution in [0.2, 0.25) is 0 Å². The van der Waals surface area contributed by atoms with Crippen molar-refractivity contribution in [1.29, 1.82) is 0 Å². The molecule has 0 aromatic heterocycles. The average molecular weight is 298 g/mol. The molecular formula is C13H18N2O4S. The molecule has 0 amide bonds. The van der Waals surface area contributed by atoms with Gasteiger partial charge in [0.25, 0.3) is 0 Å². The van der Waals surface area contributed by atoms with Gasteiger partial charge in [-0.2, -0.15) is 0 Å². The number of likely N-dealkylation sites (tertiary alicyclic amines) is 1. The predicted octanol–water partition coefficient (Wildman–Crippen LogP) is 1.11. The fraction of sp³-hybridized carbons (Fsp3) is 0.462. The zero-order valence-electron chi connectivity index (χ0n) is 11.1. The number of hydrogen-bond donors (Lipinski definition) is 2. The molecule has 2 N–H and O–H groups in total. The molecule has 7 heteroatoms. The van der Waals surface area contributed by atoms with Crippen molar-refractivity contribution in [3.63, 3.8) is 0 Å². The second-order valence-electron chi connectivity index (χ2n) is 4.90. The Hall–Kier alpha value is -1.60. The van der Waals surface area contributed by atoms with Crippen molar-refractivity contribution in [3.8, 4) is 0 Å². The number of aliphatic carboxylic acids is 1. The molecule has 1 aliphatic rings. The van der Waals surface area contributed by atoms with Crippen LogP contribution in [0.4, 0.5) is 5.69 Å². The van der Waals surface area contributed by atoms with E-state index in [1.165, 1.54) is 0 Å². The molecule has 0 bridgehead atoms. The fourth-order valence-corrected chi connectivity index (χ4v) is 3.24. The van der Waals surface area contributed by atoms with E-state index in [0.29, 0.717) is 12.2 Å². The highest BCUT2D eigenvalue weighted by molar-refractivity contribution is 7.93. The first-order valence-corrected chi connectivity index (χ1v) is 8.14. The van der Waals surface area contributed by atoms with Crippen LogP contribution in [0.25, 0.3) is 0 Å². The summed E-state index contributed by atoms with van der Waals surface area (Å²) in [4.78, 5) is 12.8. The summed E-state index contributed by atoms with van der Waals surface area (Å²) < 4.78 is 25.7. The van der Waals surface area contributed by atoms with Crippen LogP contribution in [0.3, 0.4) is 0 Å². The number of carboxylic acids is 1. The third kappa shape index (κ3) is 4.21. The van der Waals surface area contributed by atoms with Crippen LogP contribution in [0.15, 0.2) is 24.3 Å². The lowest BCUT2D eigenvalue weighted by Gasteiger charge is -2.18. The first kappa shape index (κ1) is 14.8. The molecule has 1 aromatic carbocycles. The van der Waals surface area contributed by atoms with Gasteiger partial charge in [-0.05, 0) is 37.6 Å². The highest BCUT2D eigenvalue weighted by Crippen LogP contribution is 2.20. The molecular weight excluding hydrogens is 280 g/mol. The molecule has 1 saturated heterocycles. The van der Waals surface area contributed by atoms with Gasteiger partial charge in [0.05, 0.1) is 5.69 Å². The van der Waals surface area contributed by atoms with Gasteiger partial charge in [0, 0.05) is 6.54 Å². The quantitative estimate of drug-likeness (QED) is 0.821. The van der Waals surface area contributed by atoms with Crippen LogP contribution >= 0.6 is 0 Å². The Bertz CT molecular complexity index is 580. The molecule has 110 valence electrons. The number of anilines is 1. The van der Waals surface area contributed by atoms with E-state index in [4.69, 9.17) is 5.11 Å². The van der Waals surface area contributed by atoms with Crippen molar-refractivity contribution in [1.82, 2.24) is 4.90 Å². The van der Waals surface area contributed by atoms with E-state index in [0.717, 1.165) is 31.5 Å². The first-order chi connectivity index (χ1) is 9.46. The van der Waals surface area contributed by atoms with Crippen LogP contribution in [-0.4, -0.2) is 43.2 Å². The lowest BCUT2D eigenvalue weighted by atomic mass is 10.2. The van der Waals surface area contributed by atoms with E-state index in [1.54, 1.807) is 12.1 Å². The van der Waals surface area contributed by atoms with Gasteiger partial charge in [-0.15, -0.1) is 0 Å². The number of benzene rings is 1. The van der Waals surface area contributed by atoms with Crippen LogP contribution in [0.1, 0.15) is 18.4 Å². The maximum atomic E-state index is 11.7. The van der Waals surface area contributed by atoms with Gasteiger partial charge >= 0.3 is 5.97 Å². The third-order valence-corrected chi connectivity index (χ3v) is 4.35. The summed E-state index contributed by atoms with van der Waals surface area (Å²) >= 11 is 0. The SMILES string of the molecule is O=C(O)CS(=O)(=O)Nc1ccccc1CN1CCCC1. The lowest BCUT2D eigenvalue weighted by molar-refractivity contribution is -0.134. The highest BCUT2D eigenvalue weighted by Gasteiger charge is 2.18. The molecule has 6 nitrogen and oxygen atoms in total. The van der Waals surface area contributed by atoms with Crippen molar-refractivity contribution in [2.45, 2.75) is 19.4 Å². The molecule has 0 spiro atoms. The Morgan fingerprint density at radius 1 is 1.25 bits per heavy atom. The van der Waals surface area contributed by atoms with E-state index in [1.807, 2.05) is 12.1 Å². The van der Waals surface area contributed by atoms with Crippen molar-refractivity contribution in [3.05, 3.63) is 29.8 Å². The zero-order chi connectivity index (χ0) is 14.6. The minimum atomic E-state index is -3.86. The van der Waals surface area contributed by atoms with E-state index < -0.39 is 21.7 Å². The number of rotatable bonds is 6. The summed E-state index contributed by atoms with van der Waals surface area (Å²) in [6.07, 6.45) is 2.32. The number of sulfonamides is 1. The Kier molecular flexibility index (Phi) is 4.61. The van der Waals surface area contributed by atoms with Crippen LogP contribution in [0, 0.1) is 0 Å². The number of carbonyl (C=O) groups is 1. The topological polar surface area (TPSA) is 86.7 Å². The van der Waals surface area contributed by atoms with Gasteiger partial charge in [-0.25, -0.2) is 8.42 Å². The summed E-state index contributed by atoms with van der Waals surface area (Å²) in [5.41, 5.74) is 1.32. The van der Waals surface area contributed by atoms with Crippen molar-refractivity contribution in [2.75, 3.05) is 23.6 Å². The molecule has 2 rings (SSSR count). The Balaban J connectivity index is 2.13.